The van der Waals surface area contributed by atoms with Crippen LogP contribution in [0.3, 0.4) is 0 Å². The van der Waals surface area contributed by atoms with Crippen molar-refractivity contribution in [3.05, 3.63) is 65.2 Å². The number of ether oxygens (including phenoxy) is 1. The molecule has 0 spiro atoms. The van der Waals surface area contributed by atoms with E-state index in [4.69, 9.17) is 9.94 Å². The number of hydroxylamine groups is 1. The normalized spacial score (nSPS) is 12.2. The van der Waals surface area contributed by atoms with Gasteiger partial charge in [0.15, 0.2) is 0 Å². The van der Waals surface area contributed by atoms with Gasteiger partial charge in [0.05, 0.1) is 17.2 Å². The fourth-order valence-electron chi connectivity index (χ4n) is 2.77. The first-order valence-corrected chi connectivity index (χ1v) is 9.04. The van der Waals surface area contributed by atoms with Crippen LogP contribution in [0.25, 0.3) is 0 Å². The molecule has 28 heavy (non-hydrogen) atoms. The van der Waals surface area contributed by atoms with Gasteiger partial charge in [-0.3, -0.25) is 14.8 Å². The Kier molecular flexibility index (Phi) is 7.14. The Balaban J connectivity index is 2.09. The molecule has 0 heterocycles. The van der Waals surface area contributed by atoms with Crippen LogP contribution in [-0.2, 0) is 6.61 Å². The molecule has 4 N–H and O–H groups in total. The summed E-state index contributed by atoms with van der Waals surface area (Å²) in [6, 6.07) is 13.0. The summed E-state index contributed by atoms with van der Waals surface area (Å²) in [7, 11) is 0. The summed E-state index contributed by atoms with van der Waals surface area (Å²) in [5.74, 6) is -0.492. The third-order valence-electron chi connectivity index (χ3n) is 4.41. The molecule has 150 valence electrons. The van der Waals surface area contributed by atoms with E-state index >= 15 is 0 Å². The van der Waals surface area contributed by atoms with E-state index in [2.05, 4.69) is 5.32 Å². The molecular weight excluding hydrogens is 360 g/mol. The highest BCUT2D eigenvalue weighted by atomic mass is 16.5. The summed E-state index contributed by atoms with van der Waals surface area (Å²) in [5, 5.41) is 21.7. The number of amides is 2. The van der Waals surface area contributed by atoms with E-state index in [0.717, 1.165) is 5.56 Å². The van der Waals surface area contributed by atoms with Crippen molar-refractivity contribution in [2.45, 2.75) is 45.4 Å². The van der Waals surface area contributed by atoms with Crippen molar-refractivity contribution < 1.29 is 24.6 Å². The van der Waals surface area contributed by atoms with Crippen LogP contribution in [0, 0.1) is 0 Å². The van der Waals surface area contributed by atoms with Gasteiger partial charge in [0.2, 0.25) is 0 Å². The fourth-order valence-corrected chi connectivity index (χ4v) is 2.77. The molecule has 1 unspecified atom stereocenters. The van der Waals surface area contributed by atoms with E-state index < -0.39 is 17.6 Å². The van der Waals surface area contributed by atoms with E-state index in [-0.39, 0.29) is 12.5 Å². The highest BCUT2D eigenvalue weighted by Gasteiger charge is 2.27. The number of nitrogens with one attached hydrogen (secondary N) is 2. The number of carbonyl (C=O) groups excluding carboxylic acids is 2. The van der Waals surface area contributed by atoms with Crippen LogP contribution >= 0.6 is 0 Å². The van der Waals surface area contributed by atoms with Gasteiger partial charge in [-0.1, -0.05) is 31.2 Å². The SMILES string of the molecule is CCC(NC(=O)c1ccccc1OCc1ccc(C(=O)NO)cc1)C(C)(C)O. The van der Waals surface area contributed by atoms with Crippen molar-refractivity contribution in [1.29, 1.82) is 0 Å². The van der Waals surface area contributed by atoms with Crippen molar-refractivity contribution in [3.8, 4) is 5.75 Å². The number of carbonyl (C=O) groups is 2. The van der Waals surface area contributed by atoms with Gasteiger partial charge < -0.3 is 15.2 Å². The third-order valence-corrected chi connectivity index (χ3v) is 4.41. The molecule has 0 saturated carbocycles. The van der Waals surface area contributed by atoms with Gasteiger partial charge in [0, 0.05) is 5.56 Å². The van der Waals surface area contributed by atoms with E-state index in [9.17, 15) is 14.7 Å². The molecule has 0 aliphatic rings. The maximum atomic E-state index is 12.7. The van der Waals surface area contributed by atoms with Crippen LogP contribution in [0.15, 0.2) is 48.5 Å². The summed E-state index contributed by atoms with van der Waals surface area (Å²) >= 11 is 0. The number of benzene rings is 2. The predicted octanol–water partition coefficient (Wildman–Crippen LogP) is 2.66. The van der Waals surface area contributed by atoms with Gasteiger partial charge in [-0.05, 0) is 50.1 Å². The number of hydrogen-bond donors (Lipinski definition) is 4. The molecule has 0 saturated heterocycles. The Bertz CT molecular complexity index is 812. The average Bonchev–Trinajstić information content (AvgIpc) is 2.69. The summed E-state index contributed by atoms with van der Waals surface area (Å²) < 4.78 is 5.80. The molecule has 0 aliphatic carbocycles. The minimum Gasteiger partial charge on any atom is -0.488 e. The quantitative estimate of drug-likeness (QED) is 0.412. The molecule has 0 fully saturated rings. The first-order chi connectivity index (χ1) is 13.3. The zero-order chi connectivity index (χ0) is 20.7. The fraction of sp³-hybridized carbons (Fsp3) is 0.333. The zero-order valence-corrected chi connectivity index (χ0v) is 16.2. The van der Waals surface area contributed by atoms with Crippen molar-refractivity contribution in [2.75, 3.05) is 0 Å². The first-order valence-electron chi connectivity index (χ1n) is 9.04. The van der Waals surface area contributed by atoms with Gasteiger partial charge >= 0.3 is 0 Å². The number of aliphatic hydroxyl groups is 1. The number of hydrogen-bond acceptors (Lipinski definition) is 5. The summed E-state index contributed by atoms with van der Waals surface area (Å²) in [4.78, 5) is 24.0. The van der Waals surface area contributed by atoms with Crippen LogP contribution in [-0.4, -0.2) is 33.8 Å². The monoisotopic (exact) mass is 386 g/mol. The molecule has 7 heteroatoms. The van der Waals surface area contributed by atoms with Crippen molar-refractivity contribution in [3.63, 3.8) is 0 Å². The van der Waals surface area contributed by atoms with E-state index in [1.807, 2.05) is 6.92 Å². The Labute approximate surface area is 164 Å². The number of rotatable bonds is 8. The van der Waals surface area contributed by atoms with Gasteiger partial charge in [-0.15, -0.1) is 0 Å². The van der Waals surface area contributed by atoms with Crippen molar-refractivity contribution in [2.24, 2.45) is 0 Å². The molecule has 0 bridgehead atoms. The summed E-state index contributed by atoms with van der Waals surface area (Å²) in [6.45, 7) is 5.41. The second-order valence-electron chi connectivity index (χ2n) is 7.01. The maximum Gasteiger partial charge on any atom is 0.274 e. The Morgan fingerprint density at radius 3 is 2.29 bits per heavy atom. The number of para-hydroxylation sites is 1. The van der Waals surface area contributed by atoms with Crippen LogP contribution in [0.1, 0.15) is 53.5 Å². The van der Waals surface area contributed by atoms with Crippen LogP contribution in [0.4, 0.5) is 0 Å². The van der Waals surface area contributed by atoms with Crippen LogP contribution < -0.4 is 15.5 Å². The van der Waals surface area contributed by atoms with E-state index in [1.165, 1.54) is 0 Å². The lowest BCUT2D eigenvalue weighted by molar-refractivity contribution is 0.0336. The summed E-state index contributed by atoms with van der Waals surface area (Å²) in [5.41, 5.74) is 2.04. The molecule has 7 nitrogen and oxygen atoms in total. The van der Waals surface area contributed by atoms with Gasteiger partial charge in [0.25, 0.3) is 11.8 Å². The molecule has 1 atom stereocenters. The second-order valence-corrected chi connectivity index (χ2v) is 7.01. The van der Waals surface area contributed by atoms with Gasteiger partial charge in [0.1, 0.15) is 12.4 Å². The lowest BCUT2D eigenvalue weighted by atomic mass is 9.96. The topological polar surface area (TPSA) is 108 Å². The molecule has 2 aromatic carbocycles. The Morgan fingerprint density at radius 2 is 1.71 bits per heavy atom. The van der Waals surface area contributed by atoms with E-state index in [0.29, 0.717) is 23.3 Å². The average molecular weight is 386 g/mol. The van der Waals surface area contributed by atoms with Crippen molar-refractivity contribution >= 4 is 11.8 Å². The lowest BCUT2D eigenvalue weighted by Gasteiger charge is -2.29. The summed E-state index contributed by atoms with van der Waals surface area (Å²) in [6.07, 6.45) is 0.589. The third kappa shape index (κ3) is 5.55. The molecule has 0 aromatic heterocycles. The van der Waals surface area contributed by atoms with Gasteiger partial charge in [-0.25, -0.2) is 5.48 Å². The van der Waals surface area contributed by atoms with Gasteiger partial charge in [-0.2, -0.15) is 0 Å². The molecule has 2 aromatic rings. The second kappa shape index (κ2) is 9.34. The highest BCUT2D eigenvalue weighted by molar-refractivity contribution is 5.97. The minimum atomic E-state index is -1.04. The minimum absolute atomic E-state index is 0.202. The molecule has 0 radical (unpaired) electrons. The van der Waals surface area contributed by atoms with Crippen molar-refractivity contribution in [1.82, 2.24) is 10.8 Å². The standard InChI is InChI=1S/C21H26N2O5/c1-4-18(21(2,3)26)22-20(25)16-7-5-6-8-17(16)28-13-14-9-11-15(12-10-14)19(24)23-27/h5-12,18,26-27H,4,13H2,1-3H3,(H,22,25)(H,23,24). The molecule has 0 aliphatic heterocycles. The lowest BCUT2D eigenvalue weighted by Crippen LogP contribution is -2.48. The molecular formula is C21H26N2O5. The first kappa shape index (κ1) is 21.4. The predicted molar refractivity (Wildman–Crippen MR) is 104 cm³/mol. The largest absolute Gasteiger partial charge is 0.488 e. The Hall–Kier alpha value is -2.90. The maximum absolute atomic E-state index is 12.7. The Morgan fingerprint density at radius 1 is 1.07 bits per heavy atom. The van der Waals surface area contributed by atoms with E-state index in [1.54, 1.807) is 67.9 Å². The van der Waals surface area contributed by atoms with Crippen LogP contribution in [0.5, 0.6) is 5.75 Å². The smallest absolute Gasteiger partial charge is 0.274 e. The highest BCUT2D eigenvalue weighted by Crippen LogP contribution is 2.21. The zero-order valence-electron chi connectivity index (χ0n) is 16.2. The van der Waals surface area contributed by atoms with Crippen LogP contribution in [0.2, 0.25) is 0 Å². The molecule has 2 amide bonds. The molecule has 2 rings (SSSR count).